The molecular weight excluding hydrogens is 500 g/mol. The predicted molar refractivity (Wildman–Crippen MR) is 139 cm³/mol. The molecule has 194 valence electrons. The van der Waals surface area contributed by atoms with Crippen LogP contribution in [0, 0.1) is 5.41 Å². The largest absolute Gasteiger partial charge is 0.390 e. The molecule has 9 nitrogen and oxygen atoms in total. The Morgan fingerprint density at radius 3 is 2.81 bits per heavy atom. The number of hydrogen-bond acceptors (Lipinski definition) is 9. The second-order valence-corrected chi connectivity index (χ2v) is 11.6. The number of aliphatic hydroxyl groups excluding tert-OH is 1. The number of carbonyl (C=O) groups is 1. The van der Waals surface area contributed by atoms with Crippen LogP contribution in [0.4, 0.5) is 11.6 Å². The molecule has 3 N–H and O–H groups in total. The van der Waals surface area contributed by atoms with Crippen molar-refractivity contribution in [3.63, 3.8) is 0 Å². The lowest BCUT2D eigenvalue weighted by Gasteiger charge is -2.39. The predicted octanol–water partition coefficient (Wildman–Crippen LogP) is 3.41. The van der Waals surface area contributed by atoms with Gasteiger partial charge >= 0.3 is 0 Å². The summed E-state index contributed by atoms with van der Waals surface area (Å²) in [6, 6.07) is 1.86. The first-order chi connectivity index (χ1) is 17.4. The molecule has 3 aliphatic heterocycles. The Bertz CT molecular complexity index is 1110. The molecule has 0 saturated carbocycles. The van der Waals surface area contributed by atoms with Gasteiger partial charge in [-0.25, -0.2) is 15.0 Å². The Labute approximate surface area is 220 Å². The van der Waals surface area contributed by atoms with Gasteiger partial charge in [-0.2, -0.15) is 0 Å². The van der Waals surface area contributed by atoms with E-state index in [4.69, 9.17) is 32.0 Å². The van der Waals surface area contributed by atoms with Gasteiger partial charge in [-0.15, -0.1) is 0 Å². The van der Waals surface area contributed by atoms with E-state index in [2.05, 4.69) is 21.7 Å². The third-order valence-electron chi connectivity index (χ3n) is 7.60. The highest BCUT2D eigenvalue weighted by Crippen LogP contribution is 2.43. The lowest BCUT2D eigenvalue weighted by Crippen LogP contribution is -2.41. The van der Waals surface area contributed by atoms with Crippen LogP contribution < -0.4 is 15.5 Å². The maximum absolute atomic E-state index is 11.5. The van der Waals surface area contributed by atoms with Gasteiger partial charge in [0.15, 0.2) is 5.82 Å². The molecule has 3 aliphatic rings. The van der Waals surface area contributed by atoms with E-state index in [1.54, 1.807) is 12.4 Å². The van der Waals surface area contributed by atoms with Crippen molar-refractivity contribution in [3.8, 4) is 0 Å². The Morgan fingerprint density at radius 2 is 2.11 bits per heavy atom. The Hall–Kier alpha value is -2.14. The number of hydrogen-bond donors (Lipinski definition) is 2. The smallest absolute Gasteiger partial charge is 0.219 e. The maximum atomic E-state index is 11.5. The van der Waals surface area contributed by atoms with Gasteiger partial charge in [0.1, 0.15) is 16.5 Å². The number of ether oxygens (including phenoxy) is 1. The van der Waals surface area contributed by atoms with Crippen LogP contribution in [0.25, 0.3) is 0 Å². The number of piperidine rings is 1. The monoisotopic (exact) mass is 532 g/mol. The molecule has 3 fully saturated rings. The normalized spacial score (nSPS) is 23.5. The number of amides is 1. The van der Waals surface area contributed by atoms with Crippen molar-refractivity contribution in [2.24, 2.45) is 11.1 Å². The molecule has 1 spiro atoms. The molecule has 5 heterocycles. The molecule has 2 aromatic heterocycles. The topological polar surface area (TPSA) is 118 Å². The Balaban J connectivity index is 1.31. The molecule has 1 amide bonds. The van der Waals surface area contributed by atoms with E-state index < -0.39 is 0 Å². The average Bonchev–Trinajstić information content (AvgIpc) is 3.47. The molecule has 1 unspecified atom stereocenters. The molecule has 2 aromatic rings. The first-order valence-electron chi connectivity index (χ1n) is 12.6. The van der Waals surface area contributed by atoms with Crippen molar-refractivity contribution >= 4 is 40.9 Å². The summed E-state index contributed by atoms with van der Waals surface area (Å²) in [4.78, 5) is 30.5. The SMILES string of the molecule is C[C@H]1CC2(CCN(c3ncc(Sc4ccnc(N5CCCC5CC(N)=O)c4Cl)nc3CO)CC2)CO1. The zero-order chi connectivity index (χ0) is 25.3. The van der Waals surface area contributed by atoms with Crippen LogP contribution in [-0.4, -0.2) is 64.4 Å². The standard InChI is InChI=1S/C25H33ClN6O3S/c1-16-12-25(15-35-16)5-9-31(10-6-25)23-18(14-33)30-21(13-29-23)36-19-4-7-28-24(22(19)26)32-8-2-3-17(32)11-20(27)34/h4,7,13,16-17,33H,2-3,5-6,8-12,14-15H2,1H3,(H2,27,34)/t16-,17?/m0/s1. The zero-order valence-corrected chi connectivity index (χ0v) is 22.1. The van der Waals surface area contributed by atoms with Crippen molar-refractivity contribution in [1.82, 2.24) is 15.0 Å². The molecule has 0 bridgehead atoms. The molecule has 0 aliphatic carbocycles. The van der Waals surface area contributed by atoms with Crippen molar-refractivity contribution < 1.29 is 14.6 Å². The van der Waals surface area contributed by atoms with Crippen LogP contribution >= 0.6 is 23.4 Å². The molecule has 3 saturated heterocycles. The zero-order valence-electron chi connectivity index (χ0n) is 20.5. The molecular formula is C25H33ClN6O3S. The van der Waals surface area contributed by atoms with Crippen LogP contribution in [0.2, 0.25) is 5.02 Å². The Kier molecular flexibility index (Phi) is 7.57. The van der Waals surface area contributed by atoms with Gasteiger partial charge in [0, 0.05) is 43.2 Å². The minimum absolute atomic E-state index is 0.00973. The van der Waals surface area contributed by atoms with Gasteiger partial charge in [0.2, 0.25) is 5.91 Å². The molecule has 0 aromatic carbocycles. The number of nitrogens with zero attached hydrogens (tertiary/aromatic N) is 5. The lowest BCUT2D eigenvalue weighted by atomic mass is 9.77. The van der Waals surface area contributed by atoms with Gasteiger partial charge in [-0.3, -0.25) is 4.79 Å². The van der Waals surface area contributed by atoms with Crippen LogP contribution in [-0.2, 0) is 16.1 Å². The fourth-order valence-electron chi connectivity index (χ4n) is 5.78. The molecule has 11 heteroatoms. The summed E-state index contributed by atoms with van der Waals surface area (Å²) < 4.78 is 5.85. The number of primary amides is 1. The van der Waals surface area contributed by atoms with Crippen LogP contribution in [0.5, 0.6) is 0 Å². The number of nitrogens with two attached hydrogens (primary N) is 1. The summed E-state index contributed by atoms with van der Waals surface area (Å²) in [5.41, 5.74) is 6.29. The fourth-order valence-corrected chi connectivity index (χ4v) is 6.91. The van der Waals surface area contributed by atoms with E-state index in [-0.39, 0.29) is 30.4 Å². The van der Waals surface area contributed by atoms with Crippen LogP contribution in [0.3, 0.4) is 0 Å². The summed E-state index contributed by atoms with van der Waals surface area (Å²) in [5.74, 6) is 1.08. The quantitative estimate of drug-likeness (QED) is 0.553. The van der Waals surface area contributed by atoms with Gasteiger partial charge < -0.3 is 25.4 Å². The van der Waals surface area contributed by atoms with Gasteiger partial charge in [-0.1, -0.05) is 23.4 Å². The minimum Gasteiger partial charge on any atom is -0.390 e. The van der Waals surface area contributed by atoms with Crippen molar-refractivity contribution in [2.45, 2.75) is 74.1 Å². The number of aromatic nitrogens is 3. The van der Waals surface area contributed by atoms with E-state index in [0.29, 0.717) is 27.7 Å². The molecule has 2 atom stereocenters. The summed E-state index contributed by atoms with van der Waals surface area (Å²) in [5, 5.41) is 11.3. The van der Waals surface area contributed by atoms with Crippen LogP contribution in [0.1, 0.15) is 51.1 Å². The van der Waals surface area contributed by atoms with Gasteiger partial charge in [0.05, 0.1) is 30.5 Å². The van der Waals surface area contributed by atoms with Crippen molar-refractivity contribution in [2.75, 3.05) is 36.0 Å². The highest BCUT2D eigenvalue weighted by atomic mass is 35.5. The average molecular weight is 533 g/mol. The number of carbonyl (C=O) groups excluding carboxylic acids is 1. The number of aliphatic hydroxyl groups is 1. The fraction of sp³-hybridized carbons (Fsp3) is 0.600. The second-order valence-electron chi connectivity index (χ2n) is 10.2. The minimum atomic E-state index is -0.324. The number of rotatable bonds is 7. The van der Waals surface area contributed by atoms with E-state index in [1.807, 2.05) is 6.07 Å². The van der Waals surface area contributed by atoms with Crippen LogP contribution in [0.15, 0.2) is 28.4 Å². The van der Waals surface area contributed by atoms with E-state index in [0.717, 1.165) is 69.1 Å². The third-order valence-corrected chi connectivity index (χ3v) is 9.05. The summed E-state index contributed by atoms with van der Waals surface area (Å²) in [6.07, 6.45) is 9.16. The van der Waals surface area contributed by atoms with Crippen molar-refractivity contribution in [3.05, 3.63) is 29.2 Å². The summed E-state index contributed by atoms with van der Waals surface area (Å²) >= 11 is 8.17. The van der Waals surface area contributed by atoms with Gasteiger partial charge in [0.25, 0.3) is 0 Å². The van der Waals surface area contributed by atoms with Gasteiger partial charge in [-0.05, 0) is 50.5 Å². The summed E-state index contributed by atoms with van der Waals surface area (Å²) in [6.45, 7) is 5.35. The summed E-state index contributed by atoms with van der Waals surface area (Å²) in [7, 11) is 0. The maximum Gasteiger partial charge on any atom is 0.219 e. The number of halogens is 1. The molecule has 5 rings (SSSR count). The number of pyridine rings is 1. The van der Waals surface area contributed by atoms with E-state index in [9.17, 15) is 9.90 Å². The highest BCUT2D eigenvalue weighted by Gasteiger charge is 2.41. The first-order valence-corrected chi connectivity index (χ1v) is 13.8. The molecule has 0 radical (unpaired) electrons. The van der Waals surface area contributed by atoms with E-state index >= 15 is 0 Å². The lowest BCUT2D eigenvalue weighted by molar-refractivity contribution is -0.118. The van der Waals surface area contributed by atoms with E-state index in [1.165, 1.54) is 11.8 Å². The second kappa shape index (κ2) is 10.7. The molecule has 36 heavy (non-hydrogen) atoms. The highest BCUT2D eigenvalue weighted by molar-refractivity contribution is 7.99. The van der Waals surface area contributed by atoms with Crippen molar-refractivity contribution in [1.29, 1.82) is 0 Å². The Morgan fingerprint density at radius 1 is 1.31 bits per heavy atom. The first kappa shape index (κ1) is 25.5. The third kappa shape index (κ3) is 5.27. The number of anilines is 2.